The summed E-state index contributed by atoms with van der Waals surface area (Å²) in [4.78, 5) is 23.1. The molecule has 1 N–H and O–H groups in total. The summed E-state index contributed by atoms with van der Waals surface area (Å²) in [5, 5.41) is 2.83. The fraction of sp³-hybridized carbons (Fsp3) is 0.321. The Kier molecular flexibility index (Phi) is 7.04. The van der Waals surface area contributed by atoms with Gasteiger partial charge in [0.05, 0.1) is 6.54 Å². The number of hydrogen-bond acceptors (Lipinski definition) is 4. The molecule has 1 amide bonds. The first-order valence-electron chi connectivity index (χ1n) is 12.3. The molecule has 7 heteroatoms. The predicted molar refractivity (Wildman–Crippen MR) is 137 cm³/mol. The quantitative estimate of drug-likeness (QED) is 0.413. The van der Waals surface area contributed by atoms with Crippen molar-refractivity contribution in [2.24, 2.45) is 0 Å². The molecule has 0 atom stereocenters. The molecule has 0 radical (unpaired) electrons. The number of carbonyl (C=O) groups excluding carboxylic acids is 1. The molecule has 5 rings (SSSR count). The Morgan fingerprint density at radius 3 is 2.29 bits per heavy atom. The van der Waals surface area contributed by atoms with Crippen molar-refractivity contribution < 1.29 is 4.79 Å². The van der Waals surface area contributed by atoms with E-state index in [2.05, 4.69) is 73.1 Å². The van der Waals surface area contributed by atoms with Gasteiger partial charge in [0.15, 0.2) is 0 Å². The second-order valence-electron chi connectivity index (χ2n) is 9.30. The molecule has 4 aromatic rings. The number of nitrogens with one attached hydrogen (secondary N) is 1. The summed E-state index contributed by atoms with van der Waals surface area (Å²) in [7, 11) is 0. The summed E-state index contributed by atoms with van der Waals surface area (Å²) in [6.07, 6.45) is 10.1. The third-order valence-corrected chi connectivity index (χ3v) is 6.69. The smallest absolute Gasteiger partial charge is 0.221 e. The first kappa shape index (κ1) is 23.1. The van der Waals surface area contributed by atoms with Crippen molar-refractivity contribution >= 4 is 11.6 Å². The molecule has 3 heterocycles. The lowest BCUT2D eigenvalue weighted by atomic mass is 9.95. The van der Waals surface area contributed by atoms with Crippen LogP contribution in [0.5, 0.6) is 0 Å². The average molecular weight is 469 g/mol. The van der Waals surface area contributed by atoms with E-state index < -0.39 is 0 Å². The number of benzene rings is 2. The van der Waals surface area contributed by atoms with E-state index in [9.17, 15) is 4.79 Å². The van der Waals surface area contributed by atoms with Crippen molar-refractivity contribution in [2.45, 2.75) is 45.3 Å². The van der Waals surface area contributed by atoms with Crippen LogP contribution in [0.4, 0.5) is 5.69 Å². The molecule has 0 spiro atoms. The maximum Gasteiger partial charge on any atom is 0.221 e. The zero-order valence-corrected chi connectivity index (χ0v) is 20.2. The van der Waals surface area contributed by atoms with Crippen molar-refractivity contribution in [1.29, 1.82) is 0 Å². The van der Waals surface area contributed by atoms with Gasteiger partial charge in [0, 0.05) is 56.4 Å². The summed E-state index contributed by atoms with van der Waals surface area (Å²) < 4.78 is 4.49. The van der Waals surface area contributed by atoms with Crippen LogP contribution in [0.3, 0.4) is 0 Å². The first-order chi connectivity index (χ1) is 17.1. The molecule has 0 bridgehead atoms. The molecule has 0 aliphatic carbocycles. The molecular weight excluding hydrogens is 436 g/mol. The SMILES string of the molecule is CC(=O)Nc1ccc(CN2CCC(c3nccn3Cc3nccn3Cc3ccccc3)CC2)cc1. The van der Waals surface area contributed by atoms with E-state index in [-0.39, 0.29) is 5.91 Å². The van der Waals surface area contributed by atoms with Gasteiger partial charge in [0.25, 0.3) is 0 Å². The van der Waals surface area contributed by atoms with E-state index in [1.165, 1.54) is 23.9 Å². The van der Waals surface area contributed by atoms with Gasteiger partial charge < -0.3 is 14.5 Å². The number of piperidine rings is 1. The highest BCUT2D eigenvalue weighted by Crippen LogP contribution is 2.28. The predicted octanol–water partition coefficient (Wildman–Crippen LogP) is 4.51. The van der Waals surface area contributed by atoms with Gasteiger partial charge in [-0.2, -0.15) is 0 Å². The van der Waals surface area contributed by atoms with E-state index in [0.717, 1.165) is 57.1 Å². The number of anilines is 1. The molecule has 2 aromatic carbocycles. The maximum atomic E-state index is 11.2. The molecule has 0 saturated carbocycles. The molecule has 1 aliphatic heterocycles. The van der Waals surface area contributed by atoms with Gasteiger partial charge in [-0.25, -0.2) is 9.97 Å². The van der Waals surface area contributed by atoms with Crippen LogP contribution in [0.15, 0.2) is 79.4 Å². The Balaban J connectivity index is 1.18. The number of aromatic nitrogens is 4. The topological polar surface area (TPSA) is 68.0 Å². The lowest BCUT2D eigenvalue weighted by Crippen LogP contribution is -2.33. The number of amides is 1. The maximum absolute atomic E-state index is 11.2. The van der Waals surface area contributed by atoms with E-state index in [0.29, 0.717) is 5.92 Å². The van der Waals surface area contributed by atoms with Gasteiger partial charge in [-0.3, -0.25) is 9.69 Å². The molecule has 0 unspecified atom stereocenters. The highest BCUT2D eigenvalue weighted by Gasteiger charge is 2.24. The van der Waals surface area contributed by atoms with Crippen molar-refractivity contribution in [3.8, 4) is 0 Å². The van der Waals surface area contributed by atoms with Gasteiger partial charge in [0.2, 0.25) is 5.91 Å². The standard InChI is InChI=1S/C28H32N6O/c1-22(35)31-26-9-7-24(8-10-26)19-32-15-11-25(12-16-32)28-30-14-18-34(28)21-27-29-13-17-33(27)20-23-5-3-2-4-6-23/h2-10,13-14,17-18,25H,11-12,15-16,19-21H2,1H3,(H,31,35). The summed E-state index contributed by atoms with van der Waals surface area (Å²) >= 11 is 0. The highest BCUT2D eigenvalue weighted by atomic mass is 16.1. The van der Waals surface area contributed by atoms with Crippen LogP contribution in [0.25, 0.3) is 0 Å². The van der Waals surface area contributed by atoms with Crippen molar-refractivity contribution in [3.63, 3.8) is 0 Å². The lowest BCUT2D eigenvalue weighted by molar-refractivity contribution is -0.114. The summed E-state index contributed by atoms with van der Waals surface area (Å²) in [6.45, 7) is 6.11. The van der Waals surface area contributed by atoms with Gasteiger partial charge in [-0.05, 0) is 49.2 Å². The van der Waals surface area contributed by atoms with Gasteiger partial charge in [0.1, 0.15) is 11.6 Å². The summed E-state index contributed by atoms with van der Waals surface area (Å²) in [5.74, 6) is 2.63. The minimum Gasteiger partial charge on any atom is -0.329 e. The largest absolute Gasteiger partial charge is 0.329 e. The fourth-order valence-corrected chi connectivity index (χ4v) is 4.89. The van der Waals surface area contributed by atoms with Crippen LogP contribution < -0.4 is 5.32 Å². The molecular formula is C28H32N6O. The van der Waals surface area contributed by atoms with E-state index in [4.69, 9.17) is 4.98 Å². The molecule has 1 fully saturated rings. The molecule has 180 valence electrons. The second-order valence-corrected chi connectivity index (χ2v) is 9.30. The molecule has 2 aromatic heterocycles. The number of imidazole rings is 2. The van der Waals surface area contributed by atoms with Crippen LogP contribution in [0.1, 0.15) is 48.5 Å². The Morgan fingerprint density at radius 2 is 1.54 bits per heavy atom. The highest BCUT2D eigenvalue weighted by molar-refractivity contribution is 5.88. The third kappa shape index (κ3) is 5.87. The second kappa shape index (κ2) is 10.7. The Hall–Kier alpha value is -3.71. The molecule has 1 aliphatic rings. The normalized spacial score (nSPS) is 14.8. The van der Waals surface area contributed by atoms with Crippen LogP contribution >= 0.6 is 0 Å². The van der Waals surface area contributed by atoms with Crippen LogP contribution in [0.2, 0.25) is 0 Å². The minimum atomic E-state index is -0.0432. The zero-order valence-electron chi connectivity index (χ0n) is 20.2. The summed E-state index contributed by atoms with van der Waals surface area (Å²) in [5.41, 5.74) is 3.38. The van der Waals surface area contributed by atoms with Crippen molar-refractivity contribution in [1.82, 2.24) is 24.0 Å². The van der Waals surface area contributed by atoms with Crippen molar-refractivity contribution in [3.05, 3.63) is 102 Å². The molecule has 7 nitrogen and oxygen atoms in total. The number of carbonyl (C=O) groups is 1. The van der Waals surface area contributed by atoms with Crippen LogP contribution in [-0.4, -0.2) is 43.0 Å². The van der Waals surface area contributed by atoms with Gasteiger partial charge in [-0.15, -0.1) is 0 Å². The number of rotatable bonds is 8. The monoisotopic (exact) mass is 468 g/mol. The minimum absolute atomic E-state index is 0.0432. The third-order valence-electron chi connectivity index (χ3n) is 6.69. The fourth-order valence-electron chi connectivity index (χ4n) is 4.89. The van der Waals surface area contributed by atoms with Gasteiger partial charge in [-0.1, -0.05) is 42.5 Å². The van der Waals surface area contributed by atoms with E-state index in [1.807, 2.05) is 30.6 Å². The van der Waals surface area contributed by atoms with Crippen LogP contribution in [-0.2, 0) is 24.4 Å². The average Bonchev–Trinajstić information content (AvgIpc) is 3.51. The zero-order chi connectivity index (χ0) is 24.0. The number of nitrogens with zero attached hydrogens (tertiary/aromatic N) is 5. The molecule has 35 heavy (non-hydrogen) atoms. The van der Waals surface area contributed by atoms with E-state index in [1.54, 1.807) is 0 Å². The van der Waals surface area contributed by atoms with Gasteiger partial charge >= 0.3 is 0 Å². The number of hydrogen-bond donors (Lipinski definition) is 1. The summed E-state index contributed by atoms with van der Waals surface area (Å²) in [6, 6.07) is 18.6. The Bertz CT molecular complexity index is 1240. The molecule has 1 saturated heterocycles. The lowest BCUT2D eigenvalue weighted by Gasteiger charge is -2.32. The first-order valence-corrected chi connectivity index (χ1v) is 12.3. The van der Waals surface area contributed by atoms with E-state index >= 15 is 0 Å². The Labute approximate surface area is 206 Å². The van der Waals surface area contributed by atoms with Crippen molar-refractivity contribution in [2.75, 3.05) is 18.4 Å². The number of likely N-dealkylation sites (tertiary alicyclic amines) is 1. The Morgan fingerprint density at radius 1 is 0.857 bits per heavy atom. The van der Waals surface area contributed by atoms with Crippen LogP contribution in [0, 0.1) is 0 Å².